The fourth-order valence-electron chi connectivity index (χ4n) is 2.71. The van der Waals surface area contributed by atoms with E-state index >= 15 is 0 Å². The minimum absolute atomic E-state index is 0.00827. The molecule has 0 fully saturated rings. The van der Waals surface area contributed by atoms with Gasteiger partial charge in [-0.3, -0.25) is 0 Å². The molecule has 0 spiro atoms. The van der Waals surface area contributed by atoms with Crippen LogP contribution in [0.5, 0.6) is 0 Å². The van der Waals surface area contributed by atoms with E-state index in [-0.39, 0.29) is 22.6 Å². The third kappa shape index (κ3) is 19.3. The molecule has 2 nitrogen and oxygen atoms in total. The van der Waals surface area contributed by atoms with Crippen molar-refractivity contribution in [3.63, 3.8) is 0 Å². The van der Waals surface area contributed by atoms with Gasteiger partial charge >= 0.3 is 5.97 Å². The predicted octanol–water partition coefficient (Wildman–Crippen LogP) is 5.14. The first-order valence-corrected chi connectivity index (χ1v) is 10.6. The van der Waals surface area contributed by atoms with Crippen molar-refractivity contribution in [3.05, 3.63) is 12.7 Å². The maximum Gasteiger partial charge on any atom is 0.330 e. The molecular formula is C19H36F2O2Si. The summed E-state index contributed by atoms with van der Waals surface area (Å²) in [5.41, 5.74) is -2.35. The lowest BCUT2D eigenvalue weighted by Crippen LogP contribution is -2.14. The van der Waals surface area contributed by atoms with Crippen LogP contribution in [-0.2, 0) is 9.53 Å². The highest BCUT2D eigenvalue weighted by Crippen LogP contribution is 2.18. The molecule has 0 aliphatic rings. The van der Waals surface area contributed by atoms with Gasteiger partial charge in [-0.1, -0.05) is 77.2 Å². The average Bonchev–Trinajstić information content (AvgIpc) is 2.53. The number of alkyl halides is 2. The van der Waals surface area contributed by atoms with Crippen molar-refractivity contribution < 1.29 is 18.3 Å². The molecule has 0 rings (SSSR count). The number of hydrogen-bond acceptors (Lipinski definition) is 2. The van der Waals surface area contributed by atoms with E-state index in [0.717, 1.165) is 25.7 Å². The van der Waals surface area contributed by atoms with Crippen molar-refractivity contribution in [3.8, 4) is 0 Å². The van der Waals surface area contributed by atoms with Gasteiger partial charge in [-0.25, -0.2) is 13.6 Å². The van der Waals surface area contributed by atoms with Crippen LogP contribution in [0.15, 0.2) is 12.7 Å². The number of carbonyl (C=O) groups is 1. The molecule has 0 unspecified atom stereocenters. The Morgan fingerprint density at radius 3 is 1.58 bits per heavy atom. The van der Waals surface area contributed by atoms with E-state index in [1.54, 1.807) is 0 Å². The van der Waals surface area contributed by atoms with Gasteiger partial charge in [0.1, 0.15) is 0 Å². The maximum absolute atomic E-state index is 12.7. The number of ether oxygens (including phenoxy) is 1. The van der Waals surface area contributed by atoms with E-state index in [9.17, 15) is 13.6 Å². The van der Waals surface area contributed by atoms with Gasteiger partial charge in [-0.2, -0.15) is 0 Å². The zero-order valence-electron chi connectivity index (χ0n) is 15.5. The number of unbranched alkanes of at least 4 members (excludes halogenated alkanes) is 12. The summed E-state index contributed by atoms with van der Waals surface area (Å²) in [5, 5.41) is 0. The van der Waals surface area contributed by atoms with Gasteiger partial charge in [0.25, 0.3) is 0 Å². The summed E-state index contributed by atoms with van der Waals surface area (Å²) in [6, 6.07) is 0. The van der Waals surface area contributed by atoms with Crippen LogP contribution in [0.25, 0.3) is 0 Å². The molecule has 0 aromatic heterocycles. The van der Waals surface area contributed by atoms with Crippen LogP contribution in [0.1, 0.15) is 89.9 Å². The largest absolute Gasteiger partial charge is 0.463 e. The molecule has 0 amide bonds. The van der Waals surface area contributed by atoms with Gasteiger partial charge in [0, 0.05) is 12.5 Å². The molecule has 0 bridgehead atoms. The first-order valence-electron chi connectivity index (χ1n) is 9.63. The standard InChI is InChI=1S/C19H36F2O2Si/c1-2-18(22)23-17-15-13-11-9-7-5-3-4-6-8-10-12-14-16-19(20,21)24/h2H,1,3-17H2,24H3. The Balaban J connectivity index is 3.08. The SMILES string of the molecule is C=CC(=O)OCCCCCCCCCCCCCCCC(F)(F)[SiH3]. The molecule has 0 N–H and O–H groups in total. The van der Waals surface area contributed by atoms with E-state index in [0.29, 0.717) is 13.0 Å². The van der Waals surface area contributed by atoms with Gasteiger partial charge in [0.15, 0.2) is 0 Å². The monoisotopic (exact) mass is 362 g/mol. The lowest BCUT2D eigenvalue weighted by molar-refractivity contribution is -0.137. The molecule has 0 atom stereocenters. The Morgan fingerprint density at radius 2 is 1.21 bits per heavy atom. The summed E-state index contributed by atoms with van der Waals surface area (Å²) in [6.07, 6.45) is 16.1. The zero-order valence-corrected chi connectivity index (χ0v) is 17.5. The summed E-state index contributed by atoms with van der Waals surface area (Å²) >= 11 is 0. The molecule has 0 aliphatic carbocycles. The topological polar surface area (TPSA) is 26.3 Å². The van der Waals surface area contributed by atoms with Crippen LogP contribution in [0.2, 0.25) is 0 Å². The highest BCUT2D eigenvalue weighted by Gasteiger charge is 2.18. The molecular weight excluding hydrogens is 326 g/mol. The number of carbonyl (C=O) groups excluding carboxylic acids is 1. The third-order valence-electron chi connectivity index (χ3n) is 4.17. The first kappa shape index (κ1) is 23.3. The maximum atomic E-state index is 12.7. The Kier molecular flexibility index (Phi) is 15.3. The van der Waals surface area contributed by atoms with Crippen LogP contribution < -0.4 is 0 Å². The fraction of sp³-hybridized carbons (Fsp3) is 0.842. The van der Waals surface area contributed by atoms with Gasteiger partial charge in [0.05, 0.1) is 16.8 Å². The summed E-state index contributed by atoms with van der Waals surface area (Å²) in [5.74, 6) is -0.333. The van der Waals surface area contributed by atoms with Crippen molar-refractivity contribution in [2.45, 2.75) is 95.4 Å². The second-order valence-corrected chi connectivity index (χ2v) is 8.25. The van der Waals surface area contributed by atoms with Gasteiger partial charge in [-0.15, -0.1) is 0 Å². The van der Waals surface area contributed by atoms with Crippen LogP contribution in [0, 0.1) is 0 Å². The fourth-order valence-corrected chi connectivity index (χ4v) is 3.07. The van der Waals surface area contributed by atoms with Crippen LogP contribution >= 0.6 is 0 Å². The normalized spacial score (nSPS) is 11.6. The molecule has 0 aliphatic heterocycles. The van der Waals surface area contributed by atoms with Gasteiger partial charge in [-0.05, 0) is 12.8 Å². The molecule has 0 aromatic carbocycles. The van der Waals surface area contributed by atoms with E-state index < -0.39 is 5.55 Å². The molecule has 24 heavy (non-hydrogen) atoms. The molecule has 0 saturated carbocycles. The smallest absolute Gasteiger partial charge is 0.330 e. The number of rotatable bonds is 17. The molecule has 0 heterocycles. The van der Waals surface area contributed by atoms with E-state index in [2.05, 4.69) is 6.58 Å². The van der Waals surface area contributed by atoms with Crippen LogP contribution in [-0.4, -0.2) is 28.4 Å². The van der Waals surface area contributed by atoms with Crippen molar-refractivity contribution in [1.82, 2.24) is 0 Å². The minimum Gasteiger partial charge on any atom is -0.463 e. The van der Waals surface area contributed by atoms with Crippen molar-refractivity contribution in [2.75, 3.05) is 6.61 Å². The van der Waals surface area contributed by atoms with E-state index in [1.165, 1.54) is 57.4 Å². The molecule has 0 radical (unpaired) electrons. The summed E-state index contributed by atoms with van der Waals surface area (Å²) < 4.78 is 30.3. The quantitative estimate of drug-likeness (QED) is 0.155. The number of esters is 1. The molecule has 0 aromatic rings. The van der Waals surface area contributed by atoms with Gasteiger partial charge < -0.3 is 4.74 Å². The zero-order chi connectivity index (χ0) is 18.1. The van der Waals surface area contributed by atoms with Crippen molar-refractivity contribution in [1.29, 1.82) is 0 Å². The van der Waals surface area contributed by atoms with Gasteiger partial charge in [0.2, 0.25) is 5.55 Å². The van der Waals surface area contributed by atoms with E-state index in [4.69, 9.17) is 4.74 Å². The van der Waals surface area contributed by atoms with Crippen LogP contribution in [0.4, 0.5) is 8.78 Å². The van der Waals surface area contributed by atoms with E-state index in [1.807, 2.05) is 0 Å². The Labute approximate surface area is 149 Å². The summed E-state index contributed by atoms with van der Waals surface area (Å²) in [4.78, 5) is 10.8. The minimum atomic E-state index is -2.35. The predicted molar refractivity (Wildman–Crippen MR) is 101 cm³/mol. The first-order chi connectivity index (χ1) is 11.5. The molecule has 142 valence electrons. The number of halogens is 2. The highest BCUT2D eigenvalue weighted by atomic mass is 28.1. The Hall–Kier alpha value is -0.713. The lowest BCUT2D eigenvalue weighted by Gasteiger charge is -2.09. The Bertz CT molecular complexity index is 317. The second kappa shape index (κ2) is 15.8. The third-order valence-corrected chi connectivity index (χ3v) is 4.67. The number of hydrogen-bond donors (Lipinski definition) is 0. The highest BCUT2D eigenvalue weighted by molar-refractivity contribution is 6.13. The summed E-state index contributed by atoms with van der Waals surface area (Å²) in [7, 11) is -0.00827. The Morgan fingerprint density at radius 1 is 0.833 bits per heavy atom. The van der Waals surface area contributed by atoms with Crippen LogP contribution in [0.3, 0.4) is 0 Å². The average molecular weight is 363 g/mol. The molecule has 0 saturated heterocycles. The van der Waals surface area contributed by atoms with Crippen molar-refractivity contribution in [2.24, 2.45) is 0 Å². The lowest BCUT2D eigenvalue weighted by atomic mass is 10.0. The second-order valence-electron chi connectivity index (χ2n) is 6.79. The molecule has 5 heteroatoms. The summed E-state index contributed by atoms with van der Waals surface area (Å²) in [6.45, 7) is 3.86. The van der Waals surface area contributed by atoms with Crippen molar-refractivity contribution >= 4 is 16.2 Å².